The van der Waals surface area contributed by atoms with E-state index in [-0.39, 0.29) is 35.9 Å². The molecule has 0 bridgehead atoms. The van der Waals surface area contributed by atoms with Crippen molar-refractivity contribution in [2.45, 2.75) is 56.8 Å². The second kappa shape index (κ2) is 8.20. The first-order valence-electron chi connectivity index (χ1n) is 11.7. The Morgan fingerprint density at radius 2 is 1.82 bits per heavy atom. The Hall–Kier alpha value is -2.71. The van der Waals surface area contributed by atoms with E-state index >= 15 is 0 Å². The van der Waals surface area contributed by atoms with Gasteiger partial charge in [0.2, 0.25) is 0 Å². The zero-order valence-corrected chi connectivity index (χ0v) is 19.4. The third kappa shape index (κ3) is 3.64. The van der Waals surface area contributed by atoms with E-state index in [2.05, 4.69) is 0 Å². The molecule has 7 heteroatoms. The molecule has 34 heavy (non-hydrogen) atoms. The average molecular weight is 465 g/mol. The fraction of sp³-hybridized carbons (Fsp3) is 0.444. The van der Waals surface area contributed by atoms with Crippen LogP contribution in [0.3, 0.4) is 0 Å². The van der Waals surface area contributed by atoms with Crippen LogP contribution in [0.15, 0.2) is 60.2 Å². The molecule has 0 aromatic heterocycles. The molecule has 6 rings (SSSR count). The number of rotatable bonds is 5. The summed E-state index contributed by atoms with van der Waals surface area (Å²) in [7, 11) is 1.61. The van der Waals surface area contributed by atoms with E-state index in [1.54, 1.807) is 13.2 Å². The topological polar surface area (TPSA) is 72.5 Å². The molecule has 0 unspecified atom stereocenters. The van der Waals surface area contributed by atoms with E-state index in [0.29, 0.717) is 24.7 Å². The molecule has 0 spiro atoms. The molecule has 2 aromatic rings. The van der Waals surface area contributed by atoms with Gasteiger partial charge in [-0.15, -0.1) is 0 Å². The van der Waals surface area contributed by atoms with Crippen LogP contribution in [0.2, 0.25) is 0 Å². The van der Waals surface area contributed by atoms with Gasteiger partial charge < -0.3 is 28.4 Å². The molecule has 0 N–H and O–H groups in total. The molecule has 3 fully saturated rings. The SMILES string of the molecule is COc1cc([C@H]2C(=O)C=C3CO[C@@H]4[C@H]5OC(C)(C)O[C@H]5O[C@@H]4[C@@H]32)ccc1OCc1ccccc1. The summed E-state index contributed by atoms with van der Waals surface area (Å²) in [4.78, 5) is 13.2. The first-order valence-corrected chi connectivity index (χ1v) is 11.7. The van der Waals surface area contributed by atoms with Crippen LogP contribution in [0.25, 0.3) is 0 Å². The molecule has 3 saturated heterocycles. The Balaban J connectivity index is 1.25. The third-order valence-electron chi connectivity index (χ3n) is 7.03. The quantitative estimate of drug-likeness (QED) is 0.667. The molecular formula is C27H28O7. The molecule has 178 valence electrons. The zero-order valence-electron chi connectivity index (χ0n) is 19.4. The number of hydrogen-bond donors (Lipinski definition) is 0. The second-order valence-electron chi connectivity index (χ2n) is 9.65. The maximum atomic E-state index is 13.2. The molecule has 6 atom stereocenters. The van der Waals surface area contributed by atoms with Gasteiger partial charge in [0.05, 0.1) is 25.7 Å². The highest BCUT2D eigenvalue weighted by atomic mass is 16.8. The first-order chi connectivity index (χ1) is 16.4. The molecule has 2 aromatic carbocycles. The molecule has 0 radical (unpaired) electrons. The molecule has 7 nitrogen and oxygen atoms in total. The summed E-state index contributed by atoms with van der Waals surface area (Å²) in [6.07, 6.45) is 0.312. The standard InChI is InChI=1S/C27H28O7/c1-27(2)33-25-24-23(32-26(25)34-27)22-17(14-31-24)11-18(28)21(22)16-9-10-19(20(12-16)29-3)30-13-15-7-5-4-6-8-15/h4-12,21-26H,13-14H2,1-3H3/t21-,22-,23+,24-,25+,26+/m0/s1. The molecule has 3 aliphatic heterocycles. The fourth-order valence-electron chi connectivity index (χ4n) is 5.58. The van der Waals surface area contributed by atoms with E-state index in [0.717, 1.165) is 16.7 Å². The van der Waals surface area contributed by atoms with Crippen molar-refractivity contribution in [3.05, 3.63) is 71.3 Å². The normalized spacial score (nSPS) is 33.1. The van der Waals surface area contributed by atoms with Crippen molar-refractivity contribution in [3.8, 4) is 11.5 Å². The maximum absolute atomic E-state index is 13.2. The molecule has 0 saturated carbocycles. The van der Waals surface area contributed by atoms with Crippen molar-refractivity contribution in [3.63, 3.8) is 0 Å². The summed E-state index contributed by atoms with van der Waals surface area (Å²) in [5.41, 5.74) is 2.89. The molecule has 4 aliphatic rings. The van der Waals surface area contributed by atoms with Crippen molar-refractivity contribution >= 4 is 5.78 Å². The lowest BCUT2D eigenvalue weighted by Crippen LogP contribution is -2.46. The first kappa shape index (κ1) is 21.8. The van der Waals surface area contributed by atoms with Crippen molar-refractivity contribution in [1.29, 1.82) is 0 Å². The molecule has 1 aliphatic carbocycles. The van der Waals surface area contributed by atoms with Crippen molar-refractivity contribution < 1.29 is 33.2 Å². The number of hydrogen-bond acceptors (Lipinski definition) is 7. The van der Waals surface area contributed by atoms with Crippen LogP contribution in [0.1, 0.15) is 30.9 Å². The highest BCUT2D eigenvalue weighted by molar-refractivity contribution is 5.99. The number of ether oxygens (including phenoxy) is 6. The van der Waals surface area contributed by atoms with E-state index in [1.807, 2.05) is 62.4 Å². The predicted molar refractivity (Wildman–Crippen MR) is 122 cm³/mol. The highest BCUT2D eigenvalue weighted by Gasteiger charge is 2.61. The fourth-order valence-corrected chi connectivity index (χ4v) is 5.58. The molecule has 0 amide bonds. The number of carbonyl (C=O) groups is 1. The van der Waals surface area contributed by atoms with E-state index in [9.17, 15) is 4.79 Å². The van der Waals surface area contributed by atoms with Crippen molar-refractivity contribution in [2.24, 2.45) is 5.92 Å². The number of carbonyl (C=O) groups excluding carboxylic acids is 1. The third-order valence-corrected chi connectivity index (χ3v) is 7.03. The summed E-state index contributed by atoms with van der Waals surface area (Å²) in [6.45, 7) is 4.56. The summed E-state index contributed by atoms with van der Waals surface area (Å²) < 4.78 is 36.0. The van der Waals surface area contributed by atoms with Gasteiger partial charge in [-0.3, -0.25) is 4.79 Å². The second-order valence-corrected chi connectivity index (χ2v) is 9.65. The number of allylic oxidation sites excluding steroid dienone is 1. The minimum atomic E-state index is -0.715. The zero-order chi connectivity index (χ0) is 23.4. The highest BCUT2D eigenvalue weighted by Crippen LogP contribution is 2.51. The van der Waals surface area contributed by atoms with Gasteiger partial charge in [-0.1, -0.05) is 36.4 Å². The van der Waals surface area contributed by atoms with Crippen LogP contribution in [0.4, 0.5) is 0 Å². The molecule has 3 heterocycles. The minimum Gasteiger partial charge on any atom is -0.493 e. The van der Waals surface area contributed by atoms with E-state index in [1.165, 1.54) is 0 Å². The lowest BCUT2D eigenvalue weighted by atomic mass is 9.78. The molecular weight excluding hydrogens is 436 g/mol. The number of benzene rings is 2. The summed E-state index contributed by atoms with van der Waals surface area (Å²) in [5, 5.41) is 0. The van der Waals surface area contributed by atoms with Crippen LogP contribution in [0.5, 0.6) is 11.5 Å². The Morgan fingerprint density at radius 3 is 2.62 bits per heavy atom. The number of ketones is 1. The van der Waals surface area contributed by atoms with Gasteiger partial charge in [0.25, 0.3) is 0 Å². The smallest absolute Gasteiger partial charge is 0.190 e. The van der Waals surface area contributed by atoms with Gasteiger partial charge in [0.15, 0.2) is 29.4 Å². The lowest BCUT2D eigenvalue weighted by Gasteiger charge is -2.37. The van der Waals surface area contributed by atoms with Gasteiger partial charge in [-0.2, -0.15) is 0 Å². The van der Waals surface area contributed by atoms with Crippen LogP contribution in [-0.2, 0) is 30.3 Å². The summed E-state index contributed by atoms with van der Waals surface area (Å²) >= 11 is 0. The summed E-state index contributed by atoms with van der Waals surface area (Å²) in [6, 6.07) is 15.7. The number of fused-ring (bicyclic) bond motifs is 5. The summed E-state index contributed by atoms with van der Waals surface area (Å²) in [5.74, 6) is 0.0497. The van der Waals surface area contributed by atoms with Gasteiger partial charge in [-0.25, -0.2) is 0 Å². The van der Waals surface area contributed by atoms with Crippen LogP contribution in [0, 0.1) is 5.92 Å². The maximum Gasteiger partial charge on any atom is 0.190 e. The van der Waals surface area contributed by atoms with Gasteiger partial charge in [0.1, 0.15) is 18.8 Å². The Labute approximate surface area is 198 Å². The van der Waals surface area contributed by atoms with Gasteiger partial charge in [-0.05, 0) is 48.8 Å². The monoisotopic (exact) mass is 464 g/mol. The van der Waals surface area contributed by atoms with Gasteiger partial charge in [0, 0.05) is 5.92 Å². The van der Waals surface area contributed by atoms with Crippen LogP contribution < -0.4 is 9.47 Å². The Kier molecular flexibility index (Phi) is 5.26. The number of methoxy groups -OCH3 is 1. The van der Waals surface area contributed by atoms with Crippen molar-refractivity contribution in [2.75, 3.05) is 13.7 Å². The Bertz CT molecular complexity index is 1130. The largest absolute Gasteiger partial charge is 0.493 e. The van der Waals surface area contributed by atoms with Crippen molar-refractivity contribution in [1.82, 2.24) is 0 Å². The van der Waals surface area contributed by atoms with Crippen LogP contribution >= 0.6 is 0 Å². The average Bonchev–Trinajstić information content (AvgIpc) is 3.44. The minimum absolute atomic E-state index is 0.0482. The van der Waals surface area contributed by atoms with E-state index < -0.39 is 12.1 Å². The Morgan fingerprint density at radius 1 is 1.00 bits per heavy atom. The van der Waals surface area contributed by atoms with E-state index in [4.69, 9.17) is 28.4 Å². The predicted octanol–water partition coefficient (Wildman–Crippen LogP) is 3.76. The lowest BCUT2D eigenvalue weighted by molar-refractivity contribution is -0.227. The van der Waals surface area contributed by atoms with Crippen LogP contribution in [-0.4, -0.2) is 49.9 Å². The van der Waals surface area contributed by atoms with Gasteiger partial charge >= 0.3 is 0 Å².